The van der Waals surface area contributed by atoms with Gasteiger partial charge in [0, 0.05) is 18.9 Å². The summed E-state index contributed by atoms with van der Waals surface area (Å²) < 4.78 is 10.3. The fourth-order valence-corrected chi connectivity index (χ4v) is 1.52. The molecule has 0 bridgehead atoms. The number of rotatable bonds is 0. The highest BCUT2D eigenvalue weighted by molar-refractivity contribution is 5.68. The third kappa shape index (κ3) is 1.30. The molecule has 11 heavy (non-hydrogen) atoms. The van der Waals surface area contributed by atoms with E-state index in [4.69, 9.17) is 9.47 Å². The molecule has 2 rings (SSSR count). The molecule has 62 valence electrons. The molecule has 0 aliphatic carbocycles. The standard InChI is InChI=1S/C7H11NO3/c9-7-8-3-5-4-10-2-1-6(5)11-7/h5-6H,1-4H2,(H,8,9). The summed E-state index contributed by atoms with van der Waals surface area (Å²) in [7, 11) is 0. The smallest absolute Gasteiger partial charge is 0.407 e. The Morgan fingerprint density at radius 3 is 3.36 bits per heavy atom. The average Bonchev–Trinajstić information content (AvgIpc) is 2.04. The van der Waals surface area contributed by atoms with E-state index in [1.54, 1.807) is 0 Å². The molecule has 2 aliphatic rings. The summed E-state index contributed by atoms with van der Waals surface area (Å²) >= 11 is 0. The van der Waals surface area contributed by atoms with Crippen molar-refractivity contribution in [3.8, 4) is 0 Å². The molecule has 2 aliphatic heterocycles. The minimum absolute atomic E-state index is 0.0949. The molecule has 1 amide bonds. The maximum absolute atomic E-state index is 10.7. The van der Waals surface area contributed by atoms with Gasteiger partial charge < -0.3 is 14.8 Å². The number of alkyl carbamates (subject to hydrolysis) is 1. The summed E-state index contributed by atoms with van der Waals surface area (Å²) in [4.78, 5) is 10.7. The number of carbonyl (C=O) groups excluding carboxylic acids is 1. The summed E-state index contributed by atoms with van der Waals surface area (Å²) in [6.07, 6.45) is 0.656. The number of ether oxygens (including phenoxy) is 2. The maximum atomic E-state index is 10.7. The first-order valence-corrected chi connectivity index (χ1v) is 3.88. The van der Waals surface area contributed by atoms with Crippen LogP contribution in [-0.4, -0.2) is 32.0 Å². The summed E-state index contributed by atoms with van der Waals surface area (Å²) in [6, 6.07) is 0. The lowest BCUT2D eigenvalue weighted by Gasteiger charge is -2.34. The number of fused-ring (bicyclic) bond motifs is 1. The van der Waals surface area contributed by atoms with E-state index in [1.165, 1.54) is 0 Å². The van der Waals surface area contributed by atoms with Crippen LogP contribution in [0.15, 0.2) is 0 Å². The molecule has 4 nitrogen and oxygen atoms in total. The molecule has 0 radical (unpaired) electrons. The minimum Gasteiger partial charge on any atom is -0.446 e. The summed E-state index contributed by atoms with van der Waals surface area (Å²) in [5, 5.41) is 2.64. The van der Waals surface area contributed by atoms with Crippen molar-refractivity contribution in [2.75, 3.05) is 19.8 Å². The second kappa shape index (κ2) is 2.70. The van der Waals surface area contributed by atoms with Crippen molar-refractivity contribution in [3.63, 3.8) is 0 Å². The van der Waals surface area contributed by atoms with Gasteiger partial charge in [0.1, 0.15) is 6.10 Å². The van der Waals surface area contributed by atoms with Crippen LogP contribution in [0, 0.1) is 5.92 Å². The predicted molar refractivity (Wildman–Crippen MR) is 37.2 cm³/mol. The molecule has 4 heteroatoms. The van der Waals surface area contributed by atoms with Crippen LogP contribution in [0.2, 0.25) is 0 Å². The Hall–Kier alpha value is -0.770. The van der Waals surface area contributed by atoms with Crippen LogP contribution in [0.3, 0.4) is 0 Å². The van der Waals surface area contributed by atoms with E-state index in [0.717, 1.165) is 6.42 Å². The molecule has 2 unspecified atom stereocenters. The Balaban J connectivity index is 1.98. The van der Waals surface area contributed by atoms with E-state index in [0.29, 0.717) is 25.7 Å². The molecule has 2 saturated heterocycles. The van der Waals surface area contributed by atoms with Gasteiger partial charge in [-0.15, -0.1) is 0 Å². The molecule has 2 fully saturated rings. The number of nitrogens with one attached hydrogen (secondary N) is 1. The fraction of sp³-hybridized carbons (Fsp3) is 0.857. The second-order valence-electron chi connectivity index (χ2n) is 2.95. The first-order chi connectivity index (χ1) is 5.36. The molecule has 0 aromatic carbocycles. The van der Waals surface area contributed by atoms with Gasteiger partial charge in [0.05, 0.1) is 13.2 Å². The Labute approximate surface area is 64.9 Å². The molecule has 2 atom stereocenters. The third-order valence-corrected chi connectivity index (χ3v) is 2.17. The minimum atomic E-state index is -0.284. The highest BCUT2D eigenvalue weighted by atomic mass is 16.6. The van der Waals surface area contributed by atoms with E-state index in [2.05, 4.69) is 5.32 Å². The van der Waals surface area contributed by atoms with Gasteiger partial charge in [-0.3, -0.25) is 0 Å². The van der Waals surface area contributed by atoms with Crippen LogP contribution in [0.25, 0.3) is 0 Å². The Kier molecular flexibility index (Phi) is 1.69. The van der Waals surface area contributed by atoms with Crippen LogP contribution in [0.1, 0.15) is 6.42 Å². The highest BCUT2D eigenvalue weighted by Gasteiger charge is 2.32. The van der Waals surface area contributed by atoms with Crippen molar-refractivity contribution < 1.29 is 14.3 Å². The van der Waals surface area contributed by atoms with Gasteiger partial charge in [0.2, 0.25) is 0 Å². The quantitative estimate of drug-likeness (QED) is 0.543. The largest absolute Gasteiger partial charge is 0.446 e. The van der Waals surface area contributed by atoms with E-state index >= 15 is 0 Å². The molecule has 0 saturated carbocycles. The van der Waals surface area contributed by atoms with Crippen molar-refractivity contribution in [2.45, 2.75) is 12.5 Å². The number of carbonyl (C=O) groups is 1. The fourth-order valence-electron chi connectivity index (χ4n) is 1.52. The molecule has 0 aromatic rings. The molecule has 2 heterocycles. The van der Waals surface area contributed by atoms with Crippen LogP contribution in [0.4, 0.5) is 4.79 Å². The van der Waals surface area contributed by atoms with Crippen molar-refractivity contribution in [1.82, 2.24) is 5.32 Å². The summed E-state index contributed by atoms with van der Waals surface area (Å²) in [6.45, 7) is 2.13. The van der Waals surface area contributed by atoms with E-state index < -0.39 is 0 Å². The van der Waals surface area contributed by atoms with Gasteiger partial charge in [-0.1, -0.05) is 0 Å². The first kappa shape index (κ1) is 6.91. The van der Waals surface area contributed by atoms with Gasteiger partial charge in [-0.05, 0) is 0 Å². The van der Waals surface area contributed by atoms with Crippen molar-refractivity contribution in [2.24, 2.45) is 5.92 Å². The van der Waals surface area contributed by atoms with Crippen molar-refractivity contribution in [3.05, 3.63) is 0 Å². The lowest BCUT2D eigenvalue weighted by molar-refractivity contribution is -0.0570. The van der Waals surface area contributed by atoms with Crippen molar-refractivity contribution in [1.29, 1.82) is 0 Å². The Bertz CT molecular complexity index is 171. The number of hydrogen-bond acceptors (Lipinski definition) is 3. The van der Waals surface area contributed by atoms with Gasteiger partial charge in [0.15, 0.2) is 0 Å². The normalized spacial score (nSPS) is 36.9. The van der Waals surface area contributed by atoms with Crippen LogP contribution < -0.4 is 5.32 Å². The second-order valence-corrected chi connectivity index (χ2v) is 2.95. The van der Waals surface area contributed by atoms with Gasteiger partial charge in [-0.25, -0.2) is 4.79 Å². The zero-order chi connectivity index (χ0) is 7.68. The number of hydrogen-bond donors (Lipinski definition) is 1. The highest BCUT2D eigenvalue weighted by Crippen LogP contribution is 2.20. The predicted octanol–water partition coefficient (Wildman–Crippen LogP) is 0.131. The molecular formula is C7H11NO3. The molecular weight excluding hydrogens is 146 g/mol. The summed E-state index contributed by atoms with van der Waals surface area (Å²) in [5.41, 5.74) is 0. The van der Waals surface area contributed by atoms with E-state index in [1.807, 2.05) is 0 Å². The van der Waals surface area contributed by atoms with Gasteiger partial charge in [0.25, 0.3) is 0 Å². The monoisotopic (exact) mass is 157 g/mol. The van der Waals surface area contributed by atoms with Crippen molar-refractivity contribution >= 4 is 6.09 Å². The van der Waals surface area contributed by atoms with Gasteiger partial charge in [-0.2, -0.15) is 0 Å². The molecule has 1 N–H and O–H groups in total. The lowest BCUT2D eigenvalue weighted by atomic mass is 9.98. The third-order valence-electron chi connectivity index (χ3n) is 2.17. The SMILES string of the molecule is O=C1NCC2COCCC2O1. The van der Waals surface area contributed by atoms with Gasteiger partial charge >= 0.3 is 6.09 Å². The maximum Gasteiger partial charge on any atom is 0.407 e. The first-order valence-electron chi connectivity index (χ1n) is 3.88. The Morgan fingerprint density at radius 1 is 1.55 bits per heavy atom. The van der Waals surface area contributed by atoms with E-state index in [9.17, 15) is 4.79 Å². The summed E-state index contributed by atoms with van der Waals surface area (Å²) in [5.74, 6) is 0.362. The topological polar surface area (TPSA) is 47.6 Å². The molecule has 0 spiro atoms. The Morgan fingerprint density at radius 2 is 2.45 bits per heavy atom. The van der Waals surface area contributed by atoms with Crippen LogP contribution >= 0.6 is 0 Å². The molecule has 0 aromatic heterocycles. The van der Waals surface area contributed by atoms with Crippen LogP contribution in [0.5, 0.6) is 0 Å². The number of amides is 1. The zero-order valence-corrected chi connectivity index (χ0v) is 6.21. The zero-order valence-electron chi connectivity index (χ0n) is 6.21. The van der Waals surface area contributed by atoms with E-state index in [-0.39, 0.29) is 12.2 Å². The average molecular weight is 157 g/mol. The lowest BCUT2D eigenvalue weighted by Crippen LogP contribution is -2.49. The van der Waals surface area contributed by atoms with Crippen LogP contribution in [-0.2, 0) is 9.47 Å².